The third kappa shape index (κ3) is 14.6. The first-order valence-corrected chi connectivity index (χ1v) is 12.4. The van der Waals surface area contributed by atoms with Crippen LogP contribution in [0.2, 0.25) is 0 Å². The largest absolute Gasteiger partial charge is 0.374 e. The van der Waals surface area contributed by atoms with E-state index in [0.29, 0.717) is 23.0 Å². The summed E-state index contributed by atoms with van der Waals surface area (Å²) in [5.41, 5.74) is 1.19. The summed E-state index contributed by atoms with van der Waals surface area (Å²) in [6, 6.07) is 0. The second-order valence-corrected chi connectivity index (χ2v) is 14.7. The molecule has 0 saturated carbocycles. The van der Waals surface area contributed by atoms with Crippen LogP contribution in [-0.2, 0) is 4.74 Å². The van der Waals surface area contributed by atoms with E-state index < -0.39 is 0 Å². The average molecular weight is 411 g/mol. The first-order valence-electron chi connectivity index (χ1n) is 12.4. The van der Waals surface area contributed by atoms with Gasteiger partial charge in [-0.1, -0.05) is 96.9 Å². The molecule has 4 unspecified atom stereocenters. The van der Waals surface area contributed by atoms with Crippen LogP contribution >= 0.6 is 0 Å². The minimum absolute atomic E-state index is 0.183. The summed E-state index contributed by atoms with van der Waals surface area (Å²) in [6.07, 6.45) is 8.09. The number of hydrogen-bond donors (Lipinski definition) is 0. The van der Waals surface area contributed by atoms with Crippen LogP contribution in [0.1, 0.15) is 135 Å². The van der Waals surface area contributed by atoms with Crippen molar-refractivity contribution in [1.82, 2.24) is 0 Å². The Bertz CT molecular complexity index is 393. The van der Waals surface area contributed by atoms with Gasteiger partial charge in [-0.05, 0) is 72.0 Å². The molecule has 0 rings (SSSR count). The van der Waals surface area contributed by atoms with Crippen molar-refractivity contribution >= 4 is 0 Å². The number of ether oxygens (including phenoxy) is 1. The molecule has 0 bridgehead atoms. The van der Waals surface area contributed by atoms with Gasteiger partial charge < -0.3 is 4.74 Å². The second-order valence-electron chi connectivity index (χ2n) is 14.7. The molecule has 29 heavy (non-hydrogen) atoms. The fraction of sp³-hybridized carbons (Fsp3) is 1.00. The van der Waals surface area contributed by atoms with Gasteiger partial charge in [-0.2, -0.15) is 0 Å². The van der Waals surface area contributed by atoms with E-state index in [-0.39, 0.29) is 10.8 Å². The smallest absolute Gasteiger partial charge is 0.0627 e. The average Bonchev–Trinajstić information content (AvgIpc) is 2.39. The maximum Gasteiger partial charge on any atom is 0.0627 e. The Hall–Kier alpha value is -0.0400. The molecular weight excluding hydrogens is 352 g/mol. The molecule has 0 amide bonds. The van der Waals surface area contributed by atoms with Crippen molar-refractivity contribution in [2.75, 3.05) is 0 Å². The Morgan fingerprint density at radius 1 is 0.483 bits per heavy atom. The fourth-order valence-corrected chi connectivity index (χ4v) is 4.78. The first kappa shape index (κ1) is 29.0. The molecule has 0 aromatic carbocycles. The molecule has 0 saturated heterocycles. The standard InChI is InChI=1S/C28H58O/c1-21(19-25(3,4)5)15-17-23(27(9,10)11)29-24(28(12,13)14)18-16-22(2)20-26(6,7)8/h21-24H,15-20H2,1-14H3. The molecule has 0 spiro atoms. The SMILES string of the molecule is CC(CCC(OC(CCC(C)CC(C)(C)C)C(C)(C)C)C(C)(C)C)CC(C)(C)C. The van der Waals surface area contributed by atoms with E-state index in [1.807, 2.05) is 0 Å². The lowest BCUT2D eigenvalue weighted by Crippen LogP contribution is -2.39. The van der Waals surface area contributed by atoms with Gasteiger partial charge in [0.05, 0.1) is 12.2 Å². The molecule has 0 aromatic rings. The van der Waals surface area contributed by atoms with Gasteiger partial charge in [-0.25, -0.2) is 0 Å². The van der Waals surface area contributed by atoms with Gasteiger partial charge in [0.25, 0.3) is 0 Å². The Kier molecular flexibility index (Phi) is 11.0. The van der Waals surface area contributed by atoms with Crippen LogP contribution in [0, 0.1) is 33.5 Å². The van der Waals surface area contributed by atoms with Gasteiger partial charge in [0.2, 0.25) is 0 Å². The predicted octanol–water partition coefficient (Wildman–Crippen LogP) is 9.54. The normalized spacial score (nSPS) is 18.4. The molecule has 0 heterocycles. The molecule has 0 aliphatic rings. The fourth-order valence-electron chi connectivity index (χ4n) is 4.78. The molecule has 1 heteroatoms. The molecule has 0 aliphatic heterocycles. The van der Waals surface area contributed by atoms with Crippen molar-refractivity contribution in [3.05, 3.63) is 0 Å². The molecular formula is C28H58O. The van der Waals surface area contributed by atoms with Gasteiger partial charge in [0, 0.05) is 0 Å². The highest BCUT2D eigenvalue weighted by Crippen LogP contribution is 2.37. The van der Waals surface area contributed by atoms with Gasteiger partial charge in [0.15, 0.2) is 0 Å². The monoisotopic (exact) mass is 410 g/mol. The molecule has 0 fully saturated rings. The van der Waals surface area contributed by atoms with E-state index >= 15 is 0 Å². The van der Waals surface area contributed by atoms with Crippen LogP contribution in [0.3, 0.4) is 0 Å². The van der Waals surface area contributed by atoms with Crippen molar-refractivity contribution in [2.24, 2.45) is 33.5 Å². The Morgan fingerprint density at radius 3 is 0.966 bits per heavy atom. The van der Waals surface area contributed by atoms with E-state index in [9.17, 15) is 0 Å². The van der Waals surface area contributed by atoms with Crippen molar-refractivity contribution in [1.29, 1.82) is 0 Å². The molecule has 4 atom stereocenters. The summed E-state index contributed by atoms with van der Waals surface area (Å²) < 4.78 is 6.94. The molecule has 0 aromatic heterocycles. The quantitative estimate of drug-likeness (QED) is 0.348. The van der Waals surface area contributed by atoms with Crippen molar-refractivity contribution in [3.63, 3.8) is 0 Å². The van der Waals surface area contributed by atoms with E-state index in [0.717, 1.165) is 11.8 Å². The van der Waals surface area contributed by atoms with E-state index in [4.69, 9.17) is 4.74 Å². The van der Waals surface area contributed by atoms with Crippen LogP contribution in [0.5, 0.6) is 0 Å². The van der Waals surface area contributed by atoms with Crippen molar-refractivity contribution in [2.45, 2.75) is 148 Å². The van der Waals surface area contributed by atoms with Gasteiger partial charge in [-0.3, -0.25) is 0 Å². The molecule has 0 N–H and O–H groups in total. The number of hydrogen-bond acceptors (Lipinski definition) is 1. The zero-order valence-corrected chi connectivity index (χ0v) is 23.0. The Balaban J connectivity index is 5.06. The summed E-state index contributed by atoms with van der Waals surface area (Å²) in [5.74, 6) is 1.51. The van der Waals surface area contributed by atoms with E-state index in [1.165, 1.54) is 38.5 Å². The summed E-state index contributed by atoms with van der Waals surface area (Å²) in [6.45, 7) is 33.1. The summed E-state index contributed by atoms with van der Waals surface area (Å²) in [7, 11) is 0. The van der Waals surface area contributed by atoms with Gasteiger partial charge in [0.1, 0.15) is 0 Å². The third-order valence-electron chi connectivity index (χ3n) is 6.03. The lowest BCUT2D eigenvalue weighted by atomic mass is 9.79. The third-order valence-corrected chi connectivity index (χ3v) is 6.03. The molecule has 0 radical (unpaired) electrons. The number of rotatable bonds is 10. The lowest BCUT2D eigenvalue weighted by molar-refractivity contribution is -0.116. The molecule has 176 valence electrons. The predicted molar refractivity (Wildman–Crippen MR) is 133 cm³/mol. The van der Waals surface area contributed by atoms with Crippen LogP contribution in [0.15, 0.2) is 0 Å². The topological polar surface area (TPSA) is 9.23 Å². The van der Waals surface area contributed by atoms with Gasteiger partial charge in [-0.15, -0.1) is 0 Å². The van der Waals surface area contributed by atoms with Crippen LogP contribution in [0.25, 0.3) is 0 Å². The minimum Gasteiger partial charge on any atom is -0.374 e. The first-order chi connectivity index (χ1) is 12.7. The molecule has 0 aliphatic carbocycles. The van der Waals surface area contributed by atoms with Crippen molar-refractivity contribution < 1.29 is 4.74 Å². The second kappa shape index (κ2) is 11.0. The highest BCUT2D eigenvalue weighted by molar-refractivity contribution is 4.83. The van der Waals surface area contributed by atoms with Crippen LogP contribution in [0.4, 0.5) is 0 Å². The van der Waals surface area contributed by atoms with E-state index in [1.54, 1.807) is 0 Å². The maximum atomic E-state index is 6.94. The molecule has 1 nitrogen and oxygen atoms in total. The minimum atomic E-state index is 0.183. The summed E-state index contributed by atoms with van der Waals surface area (Å²) in [4.78, 5) is 0. The summed E-state index contributed by atoms with van der Waals surface area (Å²) >= 11 is 0. The zero-order valence-electron chi connectivity index (χ0n) is 23.0. The van der Waals surface area contributed by atoms with Crippen LogP contribution < -0.4 is 0 Å². The highest BCUT2D eigenvalue weighted by Gasteiger charge is 2.34. The Morgan fingerprint density at radius 2 is 0.759 bits per heavy atom. The lowest BCUT2D eigenvalue weighted by Gasteiger charge is -2.40. The Labute approximate surface area is 186 Å². The van der Waals surface area contributed by atoms with E-state index in [2.05, 4.69) is 96.9 Å². The van der Waals surface area contributed by atoms with Gasteiger partial charge >= 0.3 is 0 Å². The van der Waals surface area contributed by atoms with Crippen LogP contribution in [-0.4, -0.2) is 12.2 Å². The zero-order chi connectivity index (χ0) is 23.3. The summed E-state index contributed by atoms with van der Waals surface area (Å²) in [5, 5.41) is 0. The highest BCUT2D eigenvalue weighted by atomic mass is 16.5. The van der Waals surface area contributed by atoms with Crippen molar-refractivity contribution in [3.8, 4) is 0 Å². The maximum absolute atomic E-state index is 6.94.